The summed E-state index contributed by atoms with van der Waals surface area (Å²) in [5.41, 5.74) is 1.96. The molecule has 6 atom stereocenters. The normalized spacial score (nSPS) is 28.6. The minimum Gasteiger partial charge on any atom is -0.481 e. The topological polar surface area (TPSA) is 95.9 Å². The molecular formula is C33H25IN2O5. The fourth-order valence-electron chi connectivity index (χ4n) is 7.18. The molecule has 2 saturated heterocycles. The molecule has 3 aliphatic rings. The number of carboxylic acids is 1. The molecular weight excluding hydrogens is 631 g/mol. The lowest BCUT2D eigenvalue weighted by atomic mass is 9.65. The van der Waals surface area contributed by atoms with E-state index >= 15 is 0 Å². The zero-order chi connectivity index (χ0) is 28.3. The van der Waals surface area contributed by atoms with Crippen LogP contribution in [0.3, 0.4) is 0 Å². The van der Waals surface area contributed by atoms with Crippen LogP contribution in [-0.2, 0) is 24.5 Å². The second kappa shape index (κ2) is 9.81. The van der Waals surface area contributed by atoms with Crippen molar-refractivity contribution in [3.63, 3.8) is 0 Å². The highest BCUT2D eigenvalue weighted by Crippen LogP contribution is 2.64. The second-order valence-electron chi connectivity index (χ2n) is 10.7. The Balaban J connectivity index is 1.57. The summed E-state index contributed by atoms with van der Waals surface area (Å²) in [6, 6.07) is 31.6. The third kappa shape index (κ3) is 3.77. The number of anilines is 1. The van der Waals surface area contributed by atoms with E-state index in [1.54, 1.807) is 0 Å². The summed E-state index contributed by atoms with van der Waals surface area (Å²) >= 11 is 2.17. The minimum atomic E-state index is -1.59. The van der Waals surface area contributed by atoms with E-state index in [1.807, 2.05) is 114 Å². The maximum atomic E-state index is 14.4. The van der Waals surface area contributed by atoms with E-state index in [-0.39, 0.29) is 0 Å². The Hall–Kier alpha value is -4.02. The first-order valence-electron chi connectivity index (χ1n) is 13.4. The number of amides is 1. The van der Waals surface area contributed by atoms with Crippen molar-refractivity contribution in [2.75, 3.05) is 5.32 Å². The van der Waals surface area contributed by atoms with E-state index in [2.05, 4.69) is 27.9 Å². The molecule has 7 rings (SSSR count). The summed E-state index contributed by atoms with van der Waals surface area (Å²) in [7, 11) is 0. The second-order valence-corrected chi connectivity index (χ2v) is 11.9. The van der Waals surface area contributed by atoms with Gasteiger partial charge in [0, 0.05) is 9.26 Å². The van der Waals surface area contributed by atoms with Crippen molar-refractivity contribution in [1.82, 2.24) is 4.90 Å². The maximum absolute atomic E-state index is 14.4. The van der Waals surface area contributed by atoms with Gasteiger partial charge in [-0.1, -0.05) is 91.0 Å². The van der Waals surface area contributed by atoms with Crippen LogP contribution in [-0.4, -0.2) is 33.9 Å². The molecule has 0 aromatic heterocycles. The fraction of sp³-hybridized carbons (Fsp3) is 0.182. The number of ether oxygens (including phenoxy) is 1. The molecule has 1 unspecified atom stereocenters. The maximum Gasteiger partial charge on any atom is 0.325 e. The lowest BCUT2D eigenvalue weighted by Crippen LogP contribution is -2.52. The van der Waals surface area contributed by atoms with Crippen LogP contribution < -0.4 is 5.32 Å². The van der Waals surface area contributed by atoms with Crippen LogP contribution in [0.2, 0.25) is 0 Å². The Labute approximate surface area is 250 Å². The van der Waals surface area contributed by atoms with Crippen LogP contribution in [0.5, 0.6) is 0 Å². The number of carboxylic acid groups (broad SMARTS) is 1. The largest absolute Gasteiger partial charge is 0.481 e. The number of aliphatic carboxylic acids is 1. The van der Waals surface area contributed by atoms with E-state index in [9.17, 15) is 19.5 Å². The Morgan fingerprint density at radius 1 is 0.805 bits per heavy atom. The summed E-state index contributed by atoms with van der Waals surface area (Å²) < 4.78 is 7.05. The third-order valence-corrected chi connectivity index (χ3v) is 9.32. The number of cyclic esters (lactones) is 1. The van der Waals surface area contributed by atoms with Crippen molar-refractivity contribution in [3.8, 4) is 0 Å². The van der Waals surface area contributed by atoms with Gasteiger partial charge in [-0.25, -0.2) is 0 Å². The van der Waals surface area contributed by atoms with Crippen molar-refractivity contribution in [2.45, 2.75) is 29.6 Å². The van der Waals surface area contributed by atoms with Crippen molar-refractivity contribution >= 4 is 46.1 Å². The number of halogens is 1. The Bertz CT molecular complexity index is 1670. The highest BCUT2D eigenvalue weighted by molar-refractivity contribution is 14.1. The Morgan fingerprint density at radius 2 is 1.39 bits per heavy atom. The van der Waals surface area contributed by atoms with Crippen LogP contribution in [0.25, 0.3) is 0 Å². The molecule has 8 heteroatoms. The number of benzene rings is 4. The minimum absolute atomic E-state index is 0.430. The molecule has 0 radical (unpaired) electrons. The molecule has 3 aliphatic heterocycles. The van der Waals surface area contributed by atoms with Crippen LogP contribution in [0.15, 0.2) is 109 Å². The predicted molar refractivity (Wildman–Crippen MR) is 160 cm³/mol. The van der Waals surface area contributed by atoms with Crippen molar-refractivity contribution < 1.29 is 24.2 Å². The SMILES string of the molecule is O=C1O[C@H](c2ccccc2)[C@H](c2ccccc2)N2C1[C@@H](C(=O)O)[C@]1(C(=O)Nc3ccc(I)cc31)[C@H]2c1ccccc1. The first-order chi connectivity index (χ1) is 19.9. The van der Waals surface area contributed by atoms with Gasteiger partial charge in [-0.15, -0.1) is 0 Å². The van der Waals surface area contributed by atoms with E-state index in [1.165, 1.54) is 0 Å². The van der Waals surface area contributed by atoms with Gasteiger partial charge in [0.2, 0.25) is 5.91 Å². The van der Waals surface area contributed by atoms with Gasteiger partial charge >= 0.3 is 11.9 Å². The number of carbonyl (C=O) groups excluding carboxylic acids is 2. The van der Waals surface area contributed by atoms with E-state index < -0.39 is 53.4 Å². The van der Waals surface area contributed by atoms with Crippen molar-refractivity contribution in [3.05, 3.63) is 135 Å². The van der Waals surface area contributed by atoms with Crippen LogP contribution in [0.4, 0.5) is 5.69 Å². The van der Waals surface area contributed by atoms with Crippen LogP contribution >= 0.6 is 22.6 Å². The van der Waals surface area contributed by atoms with Crippen LogP contribution in [0, 0.1) is 9.49 Å². The molecule has 204 valence electrons. The summed E-state index contributed by atoms with van der Waals surface area (Å²) in [4.78, 5) is 43.8. The zero-order valence-corrected chi connectivity index (χ0v) is 23.8. The van der Waals surface area contributed by atoms with Gasteiger partial charge < -0.3 is 15.2 Å². The molecule has 2 N–H and O–H groups in total. The number of hydrogen-bond donors (Lipinski definition) is 2. The smallest absolute Gasteiger partial charge is 0.325 e. The van der Waals surface area contributed by atoms with Gasteiger partial charge in [0.25, 0.3) is 0 Å². The monoisotopic (exact) mass is 656 g/mol. The van der Waals surface area contributed by atoms with Gasteiger partial charge in [0.05, 0.1) is 12.1 Å². The standard InChI is InChI=1S/C33H25IN2O5/c34-22-16-17-24-23(18-22)33(32(40)35-24)25(30(37)38)27-31(39)41-28(20-12-6-2-7-13-20)26(19-10-4-1-5-11-19)36(27)29(33)21-14-8-3-9-15-21/h1-18,25-29H,(H,35,40)(H,37,38)/t25-,26-,27?,28+,29+,33-/m0/s1. The summed E-state index contributed by atoms with van der Waals surface area (Å²) in [5.74, 6) is -3.70. The number of fused-ring (bicyclic) bond motifs is 3. The molecule has 41 heavy (non-hydrogen) atoms. The lowest BCUT2D eigenvalue weighted by Gasteiger charge is -2.46. The van der Waals surface area contributed by atoms with Gasteiger partial charge in [0.1, 0.15) is 23.5 Å². The number of hydrogen-bond acceptors (Lipinski definition) is 5. The molecule has 3 heterocycles. The molecule has 2 fully saturated rings. The Kier molecular flexibility index (Phi) is 6.20. The molecule has 0 bridgehead atoms. The van der Waals surface area contributed by atoms with E-state index in [0.29, 0.717) is 11.3 Å². The average molecular weight is 656 g/mol. The molecule has 7 nitrogen and oxygen atoms in total. The quantitative estimate of drug-likeness (QED) is 0.218. The van der Waals surface area contributed by atoms with E-state index in [4.69, 9.17) is 4.74 Å². The third-order valence-electron chi connectivity index (χ3n) is 8.65. The lowest BCUT2D eigenvalue weighted by molar-refractivity contribution is -0.179. The highest BCUT2D eigenvalue weighted by Gasteiger charge is 2.74. The number of esters is 1. The van der Waals surface area contributed by atoms with Gasteiger partial charge in [-0.05, 0) is 63.0 Å². The molecule has 0 saturated carbocycles. The number of morpholine rings is 1. The van der Waals surface area contributed by atoms with Crippen molar-refractivity contribution in [1.29, 1.82) is 0 Å². The zero-order valence-electron chi connectivity index (χ0n) is 21.7. The molecule has 4 aromatic carbocycles. The van der Waals surface area contributed by atoms with Gasteiger partial charge in [-0.2, -0.15) is 0 Å². The van der Waals surface area contributed by atoms with Crippen LogP contribution in [0.1, 0.15) is 40.4 Å². The summed E-state index contributed by atoms with van der Waals surface area (Å²) in [6.45, 7) is 0. The van der Waals surface area contributed by atoms with Gasteiger partial charge in [-0.3, -0.25) is 19.3 Å². The summed E-state index contributed by atoms with van der Waals surface area (Å²) in [5, 5.41) is 13.9. The van der Waals surface area contributed by atoms with Crippen molar-refractivity contribution in [2.24, 2.45) is 5.92 Å². The average Bonchev–Trinajstić information content (AvgIpc) is 3.47. The number of nitrogens with one attached hydrogen (secondary N) is 1. The van der Waals surface area contributed by atoms with Gasteiger partial charge in [0.15, 0.2) is 0 Å². The van der Waals surface area contributed by atoms with E-state index in [0.717, 1.165) is 20.3 Å². The summed E-state index contributed by atoms with van der Waals surface area (Å²) in [6.07, 6.45) is -0.724. The first-order valence-corrected chi connectivity index (χ1v) is 14.5. The highest BCUT2D eigenvalue weighted by atomic mass is 127. The molecule has 4 aromatic rings. The molecule has 0 aliphatic carbocycles. The number of carbonyl (C=O) groups is 3. The fourth-order valence-corrected chi connectivity index (χ4v) is 7.67. The predicted octanol–water partition coefficient (Wildman–Crippen LogP) is 5.65. The Morgan fingerprint density at radius 3 is 2.00 bits per heavy atom. The molecule has 1 amide bonds. The first kappa shape index (κ1) is 25.9. The number of nitrogens with zero attached hydrogens (tertiary/aromatic N) is 1. The number of rotatable bonds is 4. The molecule has 1 spiro atoms.